The number of nitrogens with one attached hydrogen (secondary N) is 1. The van der Waals surface area contributed by atoms with Crippen molar-refractivity contribution in [1.29, 1.82) is 0 Å². The van der Waals surface area contributed by atoms with Gasteiger partial charge >= 0.3 is 5.69 Å². The Balaban J connectivity index is 1.52. The van der Waals surface area contributed by atoms with Crippen molar-refractivity contribution in [3.63, 3.8) is 0 Å². The zero-order valence-corrected chi connectivity index (χ0v) is 20.7. The van der Waals surface area contributed by atoms with Crippen LogP contribution in [-0.2, 0) is 0 Å². The number of hydrogen-bond acceptors (Lipinski definition) is 7. The van der Waals surface area contributed by atoms with E-state index in [4.69, 9.17) is 4.74 Å². The predicted octanol–water partition coefficient (Wildman–Crippen LogP) is 4.83. The van der Waals surface area contributed by atoms with Gasteiger partial charge in [-0.1, -0.05) is 6.07 Å². The minimum absolute atomic E-state index is 0.351. The lowest BCUT2D eigenvalue weighted by Gasteiger charge is -2.11. The standard InChI is InChI=1S/C25H19N5O3S2/c1-13-10-29(11-26-13)18-6-4-15(8-19(18)33-3)22-14(2)21-23(35-22)28-25(32)30(24(21)31)16-5-7-20-17(9-16)27-12-34-20/h4-12H,1-3H3,(H,28,32). The topological polar surface area (TPSA) is 94.8 Å². The third kappa shape index (κ3) is 3.41. The van der Waals surface area contributed by atoms with Crippen molar-refractivity contribution in [3.05, 3.63) is 86.5 Å². The van der Waals surface area contributed by atoms with Crippen LogP contribution in [0.1, 0.15) is 11.3 Å². The number of aromatic nitrogens is 5. The van der Waals surface area contributed by atoms with E-state index in [-0.39, 0.29) is 5.56 Å². The molecule has 0 aliphatic heterocycles. The van der Waals surface area contributed by atoms with E-state index in [2.05, 4.69) is 15.0 Å². The Morgan fingerprint density at radius 2 is 1.91 bits per heavy atom. The van der Waals surface area contributed by atoms with E-state index in [1.807, 2.05) is 48.9 Å². The highest BCUT2D eigenvalue weighted by atomic mass is 32.1. The molecule has 0 radical (unpaired) electrons. The summed E-state index contributed by atoms with van der Waals surface area (Å²) in [6.07, 6.45) is 3.67. The summed E-state index contributed by atoms with van der Waals surface area (Å²) in [6.45, 7) is 3.84. The number of H-pyrrole nitrogens is 1. The first-order valence-electron chi connectivity index (χ1n) is 10.8. The Morgan fingerprint density at radius 1 is 1.06 bits per heavy atom. The molecule has 2 aromatic carbocycles. The van der Waals surface area contributed by atoms with Gasteiger partial charge in [0.05, 0.1) is 51.6 Å². The van der Waals surface area contributed by atoms with Crippen molar-refractivity contribution in [1.82, 2.24) is 24.1 Å². The van der Waals surface area contributed by atoms with Gasteiger partial charge in [0.15, 0.2) is 0 Å². The number of thiazole rings is 1. The molecule has 0 saturated heterocycles. The van der Waals surface area contributed by atoms with Crippen LogP contribution in [-0.4, -0.2) is 31.2 Å². The first-order valence-corrected chi connectivity index (χ1v) is 12.5. The summed E-state index contributed by atoms with van der Waals surface area (Å²) in [4.78, 5) is 39.5. The number of aryl methyl sites for hydroxylation is 2. The van der Waals surface area contributed by atoms with Gasteiger partial charge in [-0.15, -0.1) is 22.7 Å². The molecular weight excluding hydrogens is 482 g/mol. The van der Waals surface area contributed by atoms with Crippen LogP contribution < -0.4 is 16.0 Å². The number of aromatic amines is 1. The van der Waals surface area contributed by atoms with Gasteiger partial charge in [0.2, 0.25) is 0 Å². The second-order valence-electron chi connectivity index (χ2n) is 8.14. The summed E-state index contributed by atoms with van der Waals surface area (Å²) in [5, 5.41) is 0.497. The van der Waals surface area contributed by atoms with E-state index >= 15 is 0 Å². The molecule has 0 spiro atoms. The lowest BCUT2D eigenvalue weighted by molar-refractivity contribution is 0.413. The number of fused-ring (bicyclic) bond motifs is 2. The molecule has 4 heterocycles. The van der Waals surface area contributed by atoms with Crippen LogP contribution in [0.25, 0.3) is 42.2 Å². The fourth-order valence-electron chi connectivity index (χ4n) is 4.30. The van der Waals surface area contributed by atoms with Gasteiger partial charge in [-0.05, 0) is 55.3 Å². The Bertz CT molecular complexity index is 1870. The Labute approximate surface area is 206 Å². The summed E-state index contributed by atoms with van der Waals surface area (Å²) in [5.74, 6) is 0.680. The summed E-state index contributed by atoms with van der Waals surface area (Å²) < 4.78 is 9.74. The minimum Gasteiger partial charge on any atom is -0.495 e. The Hall–Kier alpha value is -4.02. The van der Waals surface area contributed by atoms with Gasteiger partial charge in [-0.3, -0.25) is 9.78 Å². The van der Waals surface area contributed by atoms with Crippen LogP contribution in [0.3, 0.4) is 0 Å². The minimum atomic E-state index is -0.478. The average molecular weight is 502 g/mol. The quantitative estimate of drug-likeness (QED) is 0.373. The Morgan fingerprint density at radius 3 is 2.69 bits per heavy atom. The van der Waals surface area contributed by atoms with Crippen LogP contribution in [0.5, 0.6) is 5.75 Å². The average Bonchev–Trinajstić information content (AvgIpc) is 3.57. The van der Waals surface area contributed by atoms with Gasteiger partial charge in [-0.25, -0.2) is 19.3 Å². The second kappa shape index (κ2) is 8.03. The number of ether oxygens (including phenoxy) is 1. The highest BCUT2D eigenvalue weighted by Crippen LogP contribution is 2.38. The summed E-state index contributed by atoms with van der Waals surface area (Å²) >= 11 is 2.90. The zero-order chi connectivity index (χ0) is 24.3. The highest BCUT2D eigenvalue weighted by molar-refractivity contribution is 7.22. The maximum Gasteiger partial charge on any atom is 0.334 e. The largest absolute Gasteiger partial charge is 0.495 e. The molecule has 35 heavy (non-hydrogen) atoms. The first kappa shape index (κ1) is 21.5. The molecule has 6 rings (SSSR count). The lowest BCUT2D eigenvalue weighted by atomic mass is 10.1. The third-order valence-corrected chi connectivity index (χ3v) is 8.06. The number of thiophene rings is 1. The van der Waals surface area contributed by atoms with E-state index in [9.17, 15) is 9.59 Å². The van der Waals surface area contributed by atoms with Gasteiger partial charge in [-0.2, -0.15) is 0 Å². The van der Waals surface area contributed by atoms with E-state index in [1.165, 1.54) is 27.2 Å². The smallest absolute Gasteiger partial charge is 0.334 e. The molecule has 0 fully saturated rings. The molecule has 0 aliphatic rings. The molecule has 0 bridgehead atoms. The number of imidazole rings is 1. The Kier molecular flexibility index (Phi) is 4.94. The normalized spacial score (nSPS) is 11.5. The fourth-order valence-corrected chi connectivity index (χ4v) is 6.14. The molecule has 0 unspecified atom stereocenters. The predicted molar refractivity (Wildman–Crippen MR) is 140 cm³/mol. The molecule has 0 amide bonds. The monoisotopic (exact) mass is 501 g/mol. The molecule has 8 nitrogen and oxygen atoms in total. The fraction of sp³-hybridized carbons (Fsp3) is 0.120. The number of nitrogens with zero attached hydrogens (tertiary/aromatic N) is 4. The summed E-state index contributed by atoms with van der Waals surface area (Å²) in [6, 6.07) is 11.3. The molecular formula is C25H19N5O3S2. The summed E-state index contributed by atoms with van der Waals surface area (Å²) in [5.41, 5.74) is 5.64. The maximum absolute atomic E-state index is 13.6. The number of hydrogen-bond donors (Lipinski definition) is 1. The van der Waals surface area contributed by atoms with Crippen LogP contribution in [0.15, 0.2) is 64.0 Å². The highest BCUT2D eigenvalue weighted by Gasteiger charge is 2.19. The van der Waals surface area contributed by atoms with Gasteiger partial charge in [0.1, 0.15) is 10.6 Å². The van der Waals surface area contributed by atoms with Crippen LogP contribution in [0.4, 0.5) is 0 Å². The van der Waals surface area contributed by atoms with Crippen molar-refractivity contribution >= 4 is 43.1 Å². The number of rotatable bonds is 4. The van der Waals surface area contributed by atoms with Gasteiger partial charge in [0.25, 0.3) is 5.56 Å². The first-order chi connectivity index (χ1) is 16.9. The van der Waals surface area contributed by atoms with Gasteiger partial charge < -0.3 is 9.30 Å². The molecule has 10 heteroatoms. The molecule has 4 aromatic heterocycles. The molecule has 174 valence electrons. The molecule has 0 saturated carbocycles. The van der Waals surface area contributed by atoms with Crippen LogP contribution >= 0.6 is 22.7 Å². The van der Waals surface area contributed by atoms with E-state index in [0.717, 1.165) is 37.6 Å². The van der Waals surface area contributed by atoms with E-state index in [1.54, 1.807) is 31.1 Å². The van der Waals surface area contributed by atoms with E-state index in [0.29, 0.717) is 21.7 Å². The van der Waals surface area contributed by atoms with Crippen LogP contribution in [0.2, 0.25) is 0 Å². The van der Waals surface area contributed by atoms with Crippen molar-refractivity contribution in [2.45, 2.75) is 13.8 Å². The van der Waals surface area contributed by atoms with E-state index < -0.39 is 5.69 Å². The summed E-state index contributed by atoms with van der Waals surface area (Å²) in [7, 11) is 1.62. The SMILES string of the molecule is COc1cc(-c2sc3[nH]c(=O)n(-c4ccc5scnc5c4)c(=O)c3c2C)ccc1-n1cnc(C)c1. The molecule has 1 N–H and O–H groups in total. The number of methoxy groups -OCH3 is 1. The zero-order valence-electron chi connectivity index (χ0n) is 19.0. The van der Waals surface area contributed by atoms with Crippen molar-refractivity contribution in [3.8, 4) is 27.6 Å². The molecule has 0 atom stereocenters. The van der Waals surface area contributed by atoms with Crippen LogP contribution in [0, 0.1) is 13.8 Å². The third-order valence-electron chi connectivity index (χ3n) is 5.99. The van der Waals surface area contributed by atoms with Crippen molar-refractivity contribution < 1.29 is 4.74 Å². The van der Waals surface area contributed by atoms with Crippen molar-refractivity contribution in [2.24, 2.45) is 0 Å². The second-order valence-corrected chi connectivity index (χ2v) is 10.1. The lowest BCUT2D eigenvalue weighted by Crippen LogP contribution is -2.33. The van der Waals surface area contributed by atoms with Gasteiger partial charge in [0, 0.05) is 11.1 Å². The number of benzene rings is 2. The maximum atomic E-state index is 13.6. The molecule has 0 aliphatic carbocycles. The van der Waals surface area contributed by atoms with Crippen molar-refractivity contribution in [2.75, 3.05) is 7.11 Å². The molecule has 6 aromatic rings.